The van der Waals surface area contributed by atoms with E-state index in [0.29, 0.717) is 11.6 Å². The lowest BCUT2D eigenvalue weighted by Crippen LogP contribution is -2.50. The van der Waals surface area contributed by atoms with Gasteiger partial charge in [0.05, 0.1) is 6.10 Å². The van der Waals surface area contributed by atoms with Crippen LogP contribution in [-0.4, -0.2) is 42.2 Å². The Kier molecular flexibility index (Phi) is 3.46. The summed E-state index contributed by atoms with van der Waals surface area (Å²) in [6.07, 6.45) is 1.90. The molecule has 1 aromatic carbocycles. The molecule has 2 saturated heterocycles. The summed E-state index contributed by atoms with van der Waals surface area (Å²) in [5, 5.41) is 9.84. The average molecular weight is 264 g/mol. The molecular weight excluding hydrogens is 243 g/mol. The fourth-order valence-electron chi connectivity index (χ4n) is 3.36. The Morgan fingerprint density at radius 2 is 2.16 bits per heavy atom. The van der Waals surface area contributed by atoms with Crippen molar-refractivity contribution in [3.63, 3.8) is 0 Å². The van der Waals surface area contributed by atoms with E-state index in [-0.39, 0.29) is 5.82 Å². The lowest BCUT2D eigenvalue weighted by atomic mass is 10.0. The zero-order valence-electron chi connectivity index (χ0n) is 11.3. The molecule has 3 nitrogen and oxygen atoms in total. The molecule has 104 valence electrons. The molecule has 0 bridgehead atoms. The van der Waals surface area contributed by atoms with Crippen molar-refractivity contribution in [1.82, 2.24) is 4.90 Å². The van der Waals surface area contributed by atoms with Gasteiger partial charge in [-0.3, -0.25) is 4.90 Å². The minimum Gasteiger partial charge on any atom is -0.389 e. The SMILES string of the molecule is C[C@H](O)c1cc(F)ccc1N1CCN2CCCC2C1. The van der Waals surface area contributed by atoms with E-state index in [1.165, 1.54) is 31.5 Å². The van der Waals surface area contributed by atoms with Gasteiger partial charge in [0.2, 0.25) is 0 Å². The third-order valence-corrected chi connectivity index (χ3v) is 4.37. The van der Waals surface area contributed by atoms with Crippen molar-refractivity contribution in [2.75, 3.05) is 31.1 Å². The first-order chi connectivity index (χ1) is 9.15. The molecule has 2 heterocycles. The van der Waals surface area contributed by atoms with Crippen molar-refractivity contribution in [2.45, 2.75) is 31.9 Å². The summed E-state index contributed by atoms with van der Waals surface area (Å²) in [7, 11) is 0. The number of rotatable bonds is 2. The Morgan fingerprint density at radius 1 is 1.32 bits per heavy atom. The number of hydrogen-bond acceptors (Lipinski definition) is 3. The molecule has 1 aromatic rings. The second-order valence-corrected chi connectivity index (χ2v) is 5.66. The van der Waals surface area contributed by atoms with E-state index < -0.39 is 6.10 Å². The van der Waals surface area contributed by atoms with E-state index in [2.05, 4.69) is 9.80 Å². The molecule has 2 aliphatic heterocycles. The van der Waals surface area contributed by atoms with E-state index in [1.807, 2.05) is 6.07 Å². The topological polar surface area (TPSA) is 26.7 Å². The summed E-state index contributed by atoms with van der Waals surface area (Å²) >= 11 is 0. The molecular formula is C15H21FN2O. The fraction of sp³-hybridized carbons (Fsp3) is 0.600. The summed E-state index contributed by atoms with van der Waals surface area (Å²) in [6, 6.07) is 5.38. The van der Waals surface area contributed by atoms with Crippen LogP contribution in [0, 0.1) is 5.82 Å². The molecule has 0 saturated carbocycles. The molecule has 0 amide bonds. The molecule has 4 heteroatoms. The number of hydrogen-bond donors (Lipinski definition) is 1. The minimum absolute atomic E-state index is 0.279. The van der Waals surface area contributed by atoms with Gasteiger partial charge < -0.3 is 10.0 Å². The van der Waals surface area contributed by atoms with Crippen LogP contribution in [-0.2, 0) is 0 Å². The van der Waals surface area contributed by atoms with Crippen LogP contribution in [0.25, 0.3) is 0 Å². The second-order valence-electron chi connectivity index (χ2n) is 5.66. The van der Waals surface area contributed by atoms with Crippen LogP contribution in [0.5, 0.6) is 0 Å². The number of piperazine rings is 1. The second kappa shape index (κ2) is 5.10. The molecule has 3 rings (SSSR count). The van der Waals surface area contributed by atoms with E-state index in [9.17, 15) is 9.50 Å². The van der Waals surface area contributed by atoms with Gasteiger partial charge in [-0.2, -0.15) is 0 Å². The van der Waals surface area contributed by atoms with Gasteiger partial charge in [0.25, 0.3) is 0 Å². The fourth-order valence-corrected chi connectivity index (χ4v) is 3.36. The Bertz CT molecular complexity index is 463. The first kappa shape index (κ1) is 12.9. The van der Waals surface area contributed by atoms with Gasteiger partial charge in [0.1, 0.15) is 5.82 Å². The maximum atomic E-state index is 13.4. The summed E-state index contributed by atoms with van der Waals surface area (Å²) in [5.41, 5.74) is 1.69. The number of fused-ring (bicyclic) bond motifs is 1. The predicted octanol–water partition coefficient (Wildman–Crippen LogP) is 2.16. The highest BCUT2D eigenvalue weighted by Gasteiger charge is 2.31. The van der Waals surface area contributed by atoms with Crippen LogP contribution in [0.2, 0.25) is 0 Å². The summed E-state index contributed by atoms with van der Waals surface area (Å²) in [6.45, 7) is 5.93. The maximum Gasteiger partial charge on any atom is 0.123 e. The van der Waals surface area contributed by atoms with Crippen LogP contribution in [0.1, 0.15) is 31.4 Å². The lowest BCUT2D eigenvalue weighted by Gasteiger charge is -2.39. The van der Waals surface area contributed by atoms with Crippen molar-refractivity contribution in [2.24, 2.45) is 0 Å². The number of aliphatic hydroxyl groups excluding tert-OH is 1. The van der Waals surface area contributed by atoms with Gasteiger partial charge in [-0.1, -0.05) is 0 Å². The lowest BCUT2D eigenvalue weighted by molar-refractivity contribution is 0.197. The van der Waals surface area contributed by atoms with Crippen molar-refractivity contribution >= 4 is 5.69 Å². The molecule has 2 fully saturated rings. The van der Waals surface area contributed by atoms with E-state index >= 15 is 0 Å². The largest absolute Gasteiger partial charge is 0.389 e. The highest BCUT2D eigenvalue weighted by Crippen LogP contribution is 2.31. The van der Waals surface area contributed by atoms with E-state index in [4.69, 9.17) is 0 Å². The van der Waals surface area contributed by atoms with Gasteiger partial charge in [0, 0.05) is 36.9 Å². The zero-order chi connectivity index (χ0) is 13.4. The number of anilines is 1. The molecule has 1 N–H and O–H groups in total. The smallest absolute Gasteiger partial charge is 0.123 e. The van der Waals surface area contributed by atoms with E-state index in [0.717, 1.165) is 25.3 Å². The van der Waals surface area contributed by atoms with Crippen LogP contribution in [0.3, 0.4) is 0 Å². The van der Waals surface area contributed by atoms with Gasteiger partial charge in [-0.15, -0.1) is 0 Å². The van der Waals surface area contributed by atoms with Crippen molar-refractivity contribution in [3.05, 3.63) is 29.6 Å². The normalized spacial score (nSPS) is 25.4. The van der Waals surface area contributed by atoms with Gasteiger partial charge >= 0.3 is 0 Å². The first-order valence-electron chi connectivity index (χ1n) is 7.11. The Balaban J connectivity index is 1.85. The number of aliphatic hydroxyl groups is 1. The monoisotopic (exact) mass is 264 g/mol. The summed E-state index contributed by atoms with van der Waals surface area (Å²) in [4.78, 5) is 4.84. The third kappa shape index (κ3) is 2.47. The van der Waals surface area contributed by atoms with Crippen LogP contribution in [0.15, 0.2) is 18.2 Å². The zero-order valence-corrected chi connectivity index (χ0v) is 11.3. The Hall–Kier alpha value is -1.13. The quantitative estimate of drug-likeness (QED) is 0.887. The van der Waals surface area contributed by atoms with Crippen LogP contribution >= 0.6 is 0 Å². The summed E-state index contributed by atoms with van der Waals surface area (Å²) in [5.74, 6) is -0.279. The predicted molar refractivity (Wildman–Crippen MR) is 73.8 cm³/mol. The number of halogens is 1. The van der Waals surface area contributed by atoms with Crippen LogP contribution in [0.4, 0.5) is 10.1 Å². The molecule has 2 aliphatic rings. The highest BCUT2D eigenvalue weighted by molar-refractivity contribution is 5.55. The molecule has 0 aromatic heterocycles. The molecule has 19 heavy (non-hydrogen) atoms. The first-order valence-corrected chi connectivity index (χ1v) is 7.11. The van der Waals surface area contributed by atoms with Gasteiger partial charge in [-0.05, 0) is 44.5 Å². The van der Waals surface area contributed by atoms with Crippen LogP contribution < -0.4 is 4.90 Å². The molecule has 2 atom stereocenters. The third-order valence-electron chi connectivity index (χ3n) is 4.37. The Labute approximate surface area is 113 Å². The minimum atomic E-state index is -0.632. The maximum absolute atomic E-state index is 13.4. The van der Waals surface area contributed by atoms with Gasteiger partial charge in [-0.25, -0.2) is 4.39 Å². The molecule has 1 unspecified atom stereocenters. The highest BCUT2D eigenvalue weighted by atomic mass is 19.1. The van der Waals surface area contributed by atoms with Crippen molar-refractivity contribution < 1.29 is 9.50 Å². The standard InChI is InChI=1S/C15H21FN2O/c1-11(19)14-9-12(16)4-5-15(14)18-8-7-17-6-2-3-13(17)10-18/h4-5,9,11,13,19H,2-3,6-8,10H2,1H3/t11-,13?/m0/s1. The number of nitrogens with zero attached hydrogens (tertiary/aromatic N) is 2. The average Bonchev–Trinajstić information content (AvgIpc) is 2.85. The van der Waals surface area contributed by atoms with Crippen molar-refractivity contribution in [3.8, 4) is 0 Å². The Morgan fingerprint density at radius 3 is 2.95 bits per heavy atom. The van der Waals surface area contributed by atoms with Gasteiger partial charge in [0.15, 0.2) is 0 Å². The molecule has 0 aliphatic carbocycles. The number of benzene rings is 1. The van der Waals surface area contributed by atoms with Crippen molar-refractivity contribution in [1.29, 1.82) is 0 Å². The summed E-state index contributed by atoms with van der Waals surface area (Å²) < 4.78 is 13.4. The van der Waals surface area contributed by atoms with E-state index in [1.54, 1.807) is 6.92 Å². The molecule has 0 spiro atoms. The molecule has 0 radical (unpaired) electrons.